The third-order valence-corrected chi connectivity index (χ3v) is 4.86. The van der Waals surface area contributed by atoms with E-state index in [9.17, 15) is 9.59 Å². The van der Waals surface area contributed by atoms with Gasteiger partial charge >= 0.3 is 6.03 Å². The molecule has 30 heavy (non-hydrogen) atoms. The highest BCUT2D eigenvalue weighted by atomic mass is 16.6. The first-order valence-corrected chi connectivity index (χ1v) is 10.1. The molecule has 0 radical (unpaired) electrons. The minimum atomic E-state index is -0.232. The van der Waals surface area contributed by atoms with Gasteiger partial charge in [-0.2, -0.15) is 0 Å². The number of hydrogen-bond donors (Lipinski definition) is 2. The van der Waals surface area contributed by atoms with Gasteiger partial charge in [0.2, 0.25) is 5.56 Å². The van der Waals surface area contributed by atoms with E-state index in [1.165, 1.54) is 0 Å². The number of ether oxygens (including phenoxy) is 2. The van der Waals surface area contributed by atoms with Crippen LogP contribution in [0.15, 0.2) is 53.3 Å². The van der Waals surface area contributed by atoms with Gasteiger partial charge in [0, 0.05) is 41.8 Å². The number of anilines is 1. The Morgan fingerprint density at radius 3 is 2.67 bits per heavy atom. The number of amides is 2. The van der Waals surface area contributed by atoms with E-state index >= 15 is 0 Å². The van der Waals surface area contributed by atoms with Crippen LogP contribution in [0.5, 0.6) is 11.5 Å². The zero-order chi connectivity index (χ0) is 21.1. The lowest BCUT2D eigenvalue weighted by atomic mass is 10.1. The molecule has 0 spiro atoms. The molecule has 7 heteroatoms. The topological polar surface area (TPSA) is 83.7 Å². The molecular weight excluding hydrogens is 382 g/mol. The molecule has 1 aliphatic heterocycles. The molecule has 2 amide bonds. The van der Waals surface area contributed by atoms with Gasteiger partial charge in [0.25, 0.3) is 0 Å². The van der Waals surface area contributed by atoms with E-state index in [0.717, 1.165) is 16.5 Å². The number of nitrogens with zero attached hydrogens (tertiary/aromatic N) is 1. The molecule has 0 aliphatic carbocycles. The van der Waals surface area contributed by atoms with Crippen LogP contribution in [0.2, 0.25) is 0 Å². The molecule has 2 N–H and O–H groups in total. The molecule has 0 fully saturated rings. The van der Waals surface area contributed by atoms with Gasteiger partial charge in [0.15, 0.2) is 11.5 Å². The average Bonchev–Trinajstić information content (AvgIpc) is 2.72. The summed E-state index contributed by atoms with van der Waals surface area (Å²) in [4.78, 5) is 29.8. The smallest absolute Gasteiger partial charge is 0.322 e. The predicted molar refractivity (Wildman–Crippen MR) is 116 cm³/mol. The fraction of sp³-hybridized carbons (Fsp3) is 0.304. The molecule has 7 nitrogen and oxygen atoms in total. The van der Waals surface area contributed by atoms with Crippen LogP contribution >= 0.6 is 0 Å². The summed E-state index contributed by atoms with van der Waals surface area (Å²) in [6, 6.07) is 14.3. The van der Waals surface area contributed by atoms with Gasteiger partial charge in [-0.25, -0.2) is 4.79 Å². The second kappa shape index (κ2) is 8.49. The molecule has 0 unspecified atom stereocenters. The largest absolute Gasteiger partial charge is 0.486 e. The number of pyridine rings is 1. The van der Waals surface area contributed by atoms with E-state index in [-0.39, 0.29) is 17.5 Å². The maximum atomic E-state index is 13.1. The van der Waals surface area contributed by atoms with Crippen LogP contribution in [0.4, 0.5) is 10.5 Å². The molecule has 0 saturated carbocycles. The lowest BCUT2D eigenvalue weighted by Gasteiger charge is -2.26. The number of hydrogen-bond acceptors (Lipinski definition) is 4. The SMILES string of the molecule is CC(C)CN(Cc1cc(=O)[nH]c2ccccc12)C(=O)Nc1ccc2c(c1)OCCO2. The first-order chi connectivity index (χ1) is 14.5. The summed E-state index contributed by atoms with van der Waals surface area (Å²) in [7, 11) is 0. The van der Waals surface area contributed by atoms with Crippen LogP contribution in [0, 0.1) is 5.92 Å². The third kappa shape index (κ3) is 4.40. The minimum Gasteiger partial charge on any atom is -0.486 e. The van der Waals surface area contributed by atoms with Crippen molar-refractivity contribution in [3.05, 3.63) is 64.4 Å². The molecule has 0 saturated heterocycles. The highest BCUT2D eigenvalue weighted by Gasteiger charge is 2.19. The summed E-state index contributed by atoms with van der Waals surface area (Å²) in [6.45, 7) is 6.00. The van der Waals surface area contributed by atoms with Gasteiger partial charge in [0.1, 0.15) is 13.2 Å². The maximum absolute atomic E-state index is 13.1. The van der Waals surface area contributed by atoms with Gasteiger partial charge in [0.05, 0.1) is 0 Å². The predicted octanol–water partition coefficient (Wildman–Crippen LogP) is 3.99. The Morgan fingerprint density at radius 2 is 1.87 bits per heavy atom. The third-order valence-electron chi connectivity index (χ3n) is 4.86. The Labute approximate surface area is 174 Å². The molecular formula is C23H25N3O4. The molecule has 4 rings (SSSR count). The van der Waals surface area contributed by atoms with Crippen LogP contribution in [-0.2, 0) is 6.54 Å². The summed E-state index contributed by atoms with van der Waals surface area (Å²) in [6.07, 6.45) is 0. The molecule has 2 aromatic carbocycles. The van der Waals surface area contributed by atoms with Crippen molar-refractivity contribution in [1.29, 1.82) is 0 Å². The van der Waals surface area contributed by atoms with Crippen LogP contribution in [-0.4, -0.2) is 35.7 Å². The lowest BCUT2D eigenvalue weighted by Crippen LogP contribution is -2.37. The van der Waals surface area contributed by atoms with Crippen molar-refractivity contribution in [2.75, 3.05) is 25.1 Å². The van der Waals surface area contributed by atoms with Crippen molar-refractivity contribution in [2.24, 2.45) is 5.92 Å². The molecule has 0 bridgehead atoms. The van der Waals surface area contributed by atoms with E-state index in [4.69, 9.17) is 9.47 Å². The number of carbonyl (C=O) groups is 1. The first-order valence-electron chi connectivity index (χ1n) is 10.1. The summed E-state index contributed by atoms with van der Waals surface area (Å²) < 4.78 is 11.1. The number of carbonyl (C=O) groups excluding carboxylic acids is 1. The van der Waals surface area contributed by atoms with E-state index in [2.05, 4.69) is 24.1 Å². The Balaban J connectivity index is 1.58. The van der Waals surface area contributed by atoms with Crippen LogP contribution in [0.1, 0.15) is 19.4 Å². The van der Waals surface area contributed by atoms with Crippen LogP contribution in [0.25, 0.3) is 10.9 Å². The van der Waals surface area contributed by atoms with Crippen molar-refractivity contribution in [1.82, 2.24) is 9.88 Å². The monoisotopic (exact) mass is 407 g/mol. The molecule has 3 aromatic rings. The van der Waals surface area contributed by atoms with E-state index in [0.29, 0.717) is 43.5 Å². The number of aromatic nitrogens is 1. The van der Waals surface area contributed by atoms with Gasteiger partial charge < -0.3 is 24.7 Å². The lowest BCUT2D eigenvalue weighted by molar-refractivity contribution is 0.171. The average molecular weight is 407 g/mol. The highest BCUT2D eigenvalue weighted by molar-refractivity contribution is 5.90. The van der Waals surface area contributed by atoms with E-state index in [1.54, 1.807) is 29.2 Å². The number of urea groups is 1. The molecule has 1 aliphatic rings. The number of fused-ring (bicyclic) bond motifs is 2. The summed E-state index contributed by atoms with van der Waals surface area (Å²) in [5, 5.41) is 3.87. The Hall–Kier alpha value is -3.48. The van der Waals surface area contributed by atoms with Crippen molar-refractivity contribution < 1.29 is 14.3 Å². The maximum Gasteiger partial charge on any atom is 0.322 e. The summed E-state index contributed by atoms with van der Waals surface area (Å²) in [5.74, 6) is 1.56. The quantitative estimate of drug-likeness (QED) is 0.670. The van der Waals surface area contributed by atoms with Crippen molar-refractivity contribution in [2.45, 2.75) is 20.4 Å². The highest BCUT2D eigenvalue weighted by Crippen LogP contribution is 2.32. The second-order valence-electron chi connectivity index (χ2n) is 7.77. The van der Waals surface area contributed by atoms with Gasteiger partial charge in [-0.05, 0) is 29.7 Å². The zero-order valence-corrected chi connectivity index (χ0v) is 17.1. The molecule has 0 atom stereocenters. The van der Waals surface area contributed by atoms with Crippen molar-refractivity contribution >= 4 is 22.6 Å². The number of rotatable bonds is 5. The second-order valence-corrected chi connectivity index (χ2v) is 7.77. The zero-order valence-electron chi connectivity index (χ0n) is 17.1. The Morgan fingerprint density at radius 1 is 1.10 bits per heavy atom. The standard InChI is InChI=1S/C23H25N3O4/c1-15(2)13-26(14-16-11-22(27)25-19-6-4-3-5-18(16)19)23(28)24-17-7-8-20-21(12-17)30-10-9-29-20/h3-8,11-12,15H,9-10,13-14H2,1-2H3,(H,24,28)(H,25,27). The normalized spacial score (nSPS) is 12.8. The molecule has 2 heterocycles. The molecule has 156 valence electrons. The van der Waals surface area contributed by atoms with E-state index < -0.39 is 0 Å². The molecule has 1 aromatic heterocycles. The fourth-order valence-corrected chi connectivity index (χ4v) is 3.60. The van der Waals surface area contributed by atoms with E-state index in [1.807, 2.05) is 24.3 Å². The van der Waals surface area contributed by atoms with Gasteiger partial charge in [-0.1, -0.05) is 32.0 Å². The minimum absolute atomic E-state index is 0.180. The fourth-order valence-electron chi connectivity index (χ4n) is 3.60. The number of H-pyrrole nitrogens is 1. The Bertz CT molecular complexity index is 1120. The van der Waals surface area contributed by atoms with Gasteiger partial charge in [-0.15, -0.1) is 0 Å². The number of nitrogens with one attached hydrogen (secondary N) is 2. The summed E-state index contributed by atoms with van der Waals surface area (Å²) >= 11 is 0. The van der Waals surface area contributed by atoms with Crippen molar-refractivity contribution in [3.63, 3.8) is 0 Å². The Kier molecular flexibility index (Phi) is 5.61. The van der Waals surface area contributed by atoms with Crippen LogP contribution in [0.3, 0.4) is 0 Å². The van der Waals surface area contributed by atoms with Crippen LogP contribution < -0.4 is 20.3 Å². The number of aromatic amines is 1. The number of para-hydroxylation sites is 1. The summed E-state index contributed by atoms with van der Waals surface area (Å²) in [5.41, 5.74) is 2.03. The number of benzene rings is 2. The van der Waals surface area contributed by atoms with Gasteiger partial charge in [-0.3, -0.25) is 4.79 Å². The first kappa shape index (κ1) is 19.8. The van der Waals surface area contributed by atoms with Crippen molar-refractivity contribution in [3.8, 4) is 11.5 Å².